The maximum absolute atomic E-state index is 10.8. The quantitative estimate of drug-likeness (QED) is 0.842. The number of aromatic carboxylic acids is 1. The van der Waals surface area contributed by atoms with Gasteiger partial charge in [0.2, 0.25) is 0 Å². The van der Waals surface area contributed by atoms with Crippen molar-refractivity contribution in [1.82, 2.24) is 9.97 Å². The summed E-state index contributed by atoms with van der Waals surface area (Å²) in [7, 11) is 0. The molecule has 2 heterocycles. The lowest BCUT2D eigenvalue weighted by Gasteiger charge is -2.01. The highest BCUT2D eigenvalue weighted by Crippen LogP contribution is 2.18. The molecule has 0 amide bonds. The summed E-state index contributed by atoms with van der Waals surface area (Å²) in [6.45, 7) is 1.68. The average Bonchev–Trinajstić information content (AvgIpc) is 2.69. The molecule has 0 spiro atoms. The van der Waals surface area contributed by atoms with Crippen LogP contribution in [0.1, 0.15) is 16.1 Å². The van der Waals surface area contributed by atoms with E-state index in [1.807, 2.05) is 5.38 Å². The molecule has 0 bridgehead atoms. The Kier molecular flexibility index (Phi) is 2.47. The zero-order valence-electron chi connectivity index (χ0n) is 7.97. The van der Waals surface area contributed by atoms with E-state index in [1.165, 1.54) is 11.3 Å². The number of pyridine rings is 1. The number of hydrogen-bond donors (Lipinski definition) is 1. The monoisotopic (exact) mass is 220 g/mol. The van der Waals surface area contributed by atoms with Gasteiger partial charge in [-0.05, 0) is 19.1 Å². The smallest absolute Gasteiger partial charge is 0.337 e. The van der Waals surface area contributed by atoms with Crippen LogP contribution >= 0.6 is 11.3 Å². The van der Waals surface area contributed by atoms with Gasteiger partial charge in [0.05, 0.1) is 28.2 Å². The summed E-state index contributed by atoms with van der Waals surface area (Å²) in [6, 6.07) is 3.23. The predicted octanol–water partition coefficient (Wildman–Crippen LogP) is 2.21. The molecular formula is C10H8N2O2S. The van der Waals surface area contributed by atoms with Crippen molar-refractivity contribution in [1.29, 1.82) is 0 Å². The number of nitrogens with zero attached hydrogens (tertiary/aromatic N) is 2. The fraction of sp³-hybridized carbons (Fsp3) is 0.100. The van der Waals surface area contributed by atoms with Gasteiger partial charge in [0.25, 0.3) is 0 Å². The van der Waals surface area contributed by atoms with Crippen molar-refractivity contribution in [2.24, 2.45) is 0 Å². The van der Waals surface area contributed by atoms with E-state index < -0.39 is 5.97 Å². The number of hydrogen-bond acceptors (Lipinski definition) is 4. The molecule has 2 rings (SSSR count). The van der Waals surface area contributed by atoms with Crippen molar-refractivity contribution in [2.45, 2.75) is 6.92 Å². The minimum Gasteiger partial charge on any atom is -0.478 e. The van der Waals surface area contributed by atoms with E-state index in [1.54, 1.807) is 24.6 Å². The SMILES string of the molecule is Cc1nc(-c2cscn2)ccc1C(=O)O. The first-order chi connectivity index (χ1) is 7.18. The maximum atomic E-state index is 10.8. The molecule has 0 aliphatic rings. The average molecular weight is 220 g/mol. The lowest BCUT2D eigenvalue weighted by molar-refractivity contribution is 0.0695. The third-order valence-corrected chi connectivity index (χ3v) is 2.60. The van der Waals surface area contributed by atoms with Crippen molar-refractivity contribution in [3.63, 3.8) is 0 Å². The number of carboxylic acid groups (broad SMARTS) is 1. The van der Waals surface area contributed by atoms with Gasteiger partial charge in [0.15, 0.2) is 0 Å². The van der Waals surface area contributed by atoms with Gasteiger partial charge in [-0.1, -0.05) is 0 Å². The highest BCUT2D eigenvalue weighted by molar-refractivity contribution is 7.07. The number of aromatic nitrogens is 2. The fourth-order valence-corrected chi connectivity index (χ4v) is 1.81. The molecule has 2 aromatic rings. The number of aryl methyl sites for hydroxylation is 1. The molecule has 2 aromatic heterocycles. The van der Waals surface area contributed by atoms with Crippen LogP contribution in [-0.2, 0) is 0 Å². The number of rotatable bonds is 2. The topological polar surface area (TPSA) is 63.1 Å². The van der Waals surface area contributed by atoms with E-state index in [0.717, 1.165) is 5.69 Å². The lowest BCUT2D eigenvalue weighted by atomic mass is 10.1. The second-order valence-corrected chi connectivity index (χ2v) is 3.73. The number of thiazole rings is 1. The summed E-state index contributed by atoms with van der Waals surface area (Å²) in [5, 5.41) is 10.7. The molecule has 15 heavy (non-hydrogen) atoms. The summed E-state index contributed by atoms with van der Waals surface area (Å²) in [5.74, 6) is -0.954. The fourth-order valence-electron chi connectivity index (χ4n) is 1.27. The van der Waals surface area contributed by atoms with Gasteiger partial charge in [-0.3, -0.25) is 4.98 Å². The Morgan fingerprint density at radius 3 is 2.73 bits per heavy atom. The zero-order valence-corrected chi connectivity index (χ0v) is 8.78. The minimum absolute atomic E-state index is 0.231. The Balaban J connectivity index is 2.47. The Labute approximate surface area is 90.3 Å². The lowest BCUT2D eigenvalue weighted by Crippen LogP contribution is -2.02. The first-order valence-electron chi connectivity index (χ1n) is 4.28. The second-order valence-electron chi connectivity index (χ2n) is 3.01. The standard InChI is InChI=1S/C10H8N2O2S/c1-6-7(10(13)14)2-3-8(12-6)9-4-15-5-11-9/h2-5H,1H3,(H,13,14). The van der Waals surface area contributed by atoms with Gasteiger partial charge in [0, 0.05) is 5.38 Å². The summed E-state index contributed by atoms with van der Waals surface area (Å²) < 4.78 is 0. The van der Waals surface area contributed by atoms with Crippen molar-refractivity contribution in [3.05, 3.63) is 34.3 Å². The molecular weight excluding hydrogens is 212 g/mol. The first kappa shape index (κ1) is 9.79. The molecule has 0 saturated carbocycles. The summed E-state index contributed by atoms with van der Waals surface area (Å²) in [4.78, 5) is 19.1. The van der Waals surface area contributed by atoms with E-state index in [-0.39, 0.29) is 5.56 Å². The molecule has 0 aliphatic carbocycles. The molecule has 0 unspecified atom stereocenters. The van der Waals surface area contributed by atoms with Crippen molar-refractivity contribution >= 4 is 17.3 Å². The van der Waals surface area contributed by atoms with Gasteiger partial charge in [0.1, 0.15) is 0 Å². The van der Waals surface area contributed by atoms with Crippen LogP contribution in [0.4, 0.5) is 0 Å². The molecule has 0 radical (unpaired) electrons. The second kappa shape index (κ2) is 3.78. The number of carboxylic acids is 1. The summed E-state index contributed by atoms with van der Waals surface area (Å²) in [5.41, 5.74) is 3.94. The van der Waals surface area contributed by atoms with Crippen LogP contribution in [0.2, 0.25) is 0 Å². The van der Waals surface area contributed by atoms with Crippen LogP contribution in [0.25, 0.3) is 11.4 Å². The van der Waals surface area contributed by atoms with Gasteiger partial charge in [-0.2, -0.15) is 0 Å². The minimum atomic E-state index is -0.954. The van der Waals surface area contributed by atoms with Crippen LogP contribution in [-0.4, -0.2) is 21.0 Å². The van der Waals surface area contributed by atoms with Gasteiger partial charge in [-0.25, -0.2) is 9.78 Å². The largest absolute Gasteiger partial charge is 0.478 e. The van der Waals surface area contributed by atoms with E-state index in [2.05, 4.69) is 9.97 Å². The van der Waals surface area contributed by atoms with Crippen LogP contribution < -0.4 is 0 Å². The molecule has 0 saturated heterocycles. The van der Waals surface area contributed by atoms with Crippen LogP contribution in [0.15, 0.2) is 23.0 Å². The zero-order chi connectivity index (χ0) is 10.8. The normalized spacial score (nSPS) is 10.2. The molecule has 0 aromatic carbocycles. The maximum Gasteiger partial charge on any atom is 0.337 e. The van der Waals surface area contributed by atoms with E-state index in [4.69, 9.17) is 5.11 Å². The van der Waals surface area contributed by atoms with Crippen LogP contribution in [0.5, 0.6) is 0 Å². The first-order valence-corrected chi connectivity index (χ1v) is 5.22. The molecule has 0 aliphatic heterocycles. The Morgan fingerprint density at radius 1 is 1.40 bits per heavy atom. The van der Waals surface area contributed by atoms with Crippen LogP contribution in [0, 0.1) is 6.92 Å². The third-order valence-electron chi connectivity index (χ3n) is 2.01. The van der Waals surface area contributed by atoms with Crippen LogP contribution in [0.3, 0.4) is 0 Å². The Bertz CT molecular complexity index is 494. The highest BCUT2D eigenvalue weighted by Gasteiger charge is 2.09. The molecule has 0 fully saturated rings. The molecule has 76 valence electrons. The molecule has 1 N–H and O–H groups in total. The highest BCUT2D eigenvalue weighted by atomic mass is 32.1. The summed E-state index contributed by atoms with van der Waals surface area (Å²) in [6.07, 6.45) is 0. The van der Waals surface area contributed by atoms with Crippen molar-refractivity contribution in [3.8, 4) is 11.4 Å². The van der Waals surface area contributed by atoms with Crippen molar-refractivity contribution < 1.29 is 9.90 Å². The van der Waals surface area contributed by atoms with E-state index in [0.29, 0.717) is 11.4 Å². The molecule has 5 heteroatoms. The van der Waals surface area contributed by atoms with Crippen molar-refractivity contribution in [2.75, 3.05) is 0 Å². The Morgan fingerprint density at radius 2 is 2.20 bits per heavy atom. The molecule has 4 nitrogen and oxygen atoms in total. The summed E-state index contributed by atoms with van der Waals surface area (Å²) >= 11 is 1.48. The Hall–Kier alpha value is -1.75. The third kappa shape index (κ3) is 1.87. The predicted molar refractivity (Wildman–Crippen MR) is 57.0 cm³/mol. The van der Waals surface area contributed by atoms with E-state index in [9.17, 15) is 4.79 Å². The molecule has 0 atom stereocenters. The van der Waals surface area contributed by atoms with Gasteiger partial charge >= 0.3 is 5.97 Å². The number of carbonyl (C=O) groups is 1. The van der Waals surface area contributed by atoms with E-state index >= 15 is 0 Å². The van der Waals surface area contributed by atoms with Gasteiger partial charge < -0.3 is 5.11 Å². The van der Waals surface area contributed by atoms with Gasteiger partial charge in [-0.15, -0.1) is 11.3 Å².